The molecular formula is C78H93Ac4NO24S2. The number of aromatic nitrogens is 1. The normalized spacial score (nSPS) is 34.5. The van der Waals surface area contributed by atoms with Crippen LogP contribution in [-0.4, -0.2) is 196 Å². The molecule has 2 saturated heterocycles. The van der Waals surface area contributed by atoms with Gasteiger partial charge in [-0.15, -0.1) is 22.7 Å². The second-order valence-corrected chi connectivity index (χ2v) is 32.7. The van der Waals surface area contributed by atoms with Crippen molar-refractivity contribution in [2.24, 2.45) is 40.5 Å². The van der Waals surface area contributed by atoms with Crippen LogP contribution in [-0.2, 0) is 59.4 Å². The number of esters is 4. The fraction of sp³-hybridized carbons (Fsp3) is 0.538. The van der Waals surface area contributed by atoms with Crippen LogP contribution in [0.1, 0.15) is 144 Å². The number of ketones is 2. The predicted molar refractivity (Wildman–Crippen MR) is 373 cm³/mol. The molecule has 578 valence electrons. The molecule has 5 aromatic rings. The largest absolute Gasteiger partial charge is 0.550 e. The van der Waals surface area contributed by atoms with Gasteiger partial charge in [0, 0.05) is 248 Å². The molecule has 5 heterocycles. The third kappa shape index (κ3) is 16.7. The second-order valence-electron chi connectivity index (χ2n) is 30.8. The molecule has 8 aliphatic rings. The molecule has 6 aliphatic carbocycles. The summed E-state index contributed by atoms with van der Waals surface area (Å²) in [5.74, 6) is -9.75. The van der Waals surface area contributed by atoms with E-state index in [1.165, 1.54) is 19.9 Å². The van der Waals surface area contributed by atoms with E-state index in [9.17, 15) is 74.7 Å². The van der Waals surface area contributed by atoms with Gasteiger partial charge in [0.25, 0.3) is 0 Å². The van der Waals surface area contributed by atoms with Crippen molar-refractivity contribution in [1.82, 2.24) is 0 Å². The molecule has 4 radical (unpaired) electrons. The predicted octanol–water partition coefficient (Wildman–Crippen LogP) is 4.24. The van der Waals surface area contributed by atoms with Crippen LogP contribution in [0.15, 0.2) is 142 Å². The number of hydrogen-bond acceptors (Lipinski definition) is 26. The maximum absolute atomic E-state index is 14.8. The summed E-state index contributed by atoms with van der Waals surface area (Å²) in [4.78, 5) is 94.1. The van der Waals surface area contributed by atoms with Gasteiger partial charge in [-0.05, 0) is 97.0 Å². The Morgan fingerprint density at radius 2 is 0.936 bits per heavy atom. The van der Waals surface area contributed by atoms with E-state index < -0.39 is 182 Å². The van der Waals surface area contributed by atoms with Crippen molar-refractivity contribution in [3.63, 3.8) is 0 Å². The van der Waals surface area contributed by atoms with Crippen molar-refractivity contribution >= 4 is 64.1 Å². The molecular weight excluding hydrogens is 2310 g/mol. The van der Waals surface area contributed by atoms with Gasteiger partial charge in [-0.2, -0.15) is 4.57 Å². The van der Waals surface area contributed by atoms with Gasteiger partial charge >= 0.3 is 29.8 Å². The maximum atomic E-state index is 14.8. The van der Waals surface area contributed by atoms with Crippen LogP contribution in [0.25, 0.3) is 0 Å². The summed E-state index contributed by atoms with van der Waals surface area (Å²) >= 11 is 2.22. The number of aryl methyl sites for hydroxylation is 1. The molecule has 109 heavy (non-hydrogen) atoms. The van der Waals surface area contributed by atoms with Crippen molar-refractivity contribution in [2.45, 2.75) is 209 Å². The quantitative estimate of drug-likeness (QED) is 0.0325. The number of carboxylic acid groups (broad SMARTS) is 1. The van der Waals surface area contributed by atoms with E-state index in [1.807, 2.05) is 49.4 Å². The third-order valence-corrected chi connectivity index (χ3v) is 26.2. The number of thiophene rings is 2. The van der Waals surface area contributed by atoms with Crippen molar-refractivity contribution < 1.29 is 299 Å². The van der Waals surface area contributed by atoms with Gasteiger partial charge in [0.2, 0.25) is 6.10 Å². The summed E-state index contributed by atoms with van der Waals surface area (Å²) in [6.07, 6.45) is -16.3. The molecule has 4 bridgehead atoms. The van der Waals surface area contributed by atoms with E-state index in [0.717, 1.165) is 35.2 Å². The Labute approximate surface area is 783 Å². The Bertz CT molecular complexity index is 4200. The monoisotopic (exact) mass is 2400 g/mol. The summed E-state index contributed by atoms with van der Waals surface area (Å²) in [5.41, 5.74) is -12.6. The molecule has 3 aromatic heterocycles. The third-order valence-electron chi connectivity index (χ3n) is 24.5. The van der Waals surface area contributed by atoms with E-state index in [-0.39, 0.29) is 242 Å². The number of ether oxygens (including phenoxy) is 7. The number of rotatable bonds is 14. The number of aliphatic carboxylic acids is 1. The van der Waals surface area contributed by atoms with Crippen LogP contribution in [0.3, 0.4) is 0 Å². The average Bonchev–Trinajstić information content (AvgIpc) is 1.01. The standard InChI is InChI=1S/C41H48NO11S.C35H42O11S.C2H4O2.4Ac/c1-22(24-13-8-7-9-14-24)32(52-29-16-10-11-17-42(29)6)37(47)51-25-20-41(49)35(53-36(46)26-15-12-18-54-26)33-39(5,27(43)19-28-40(33,48)21-50-28)34(45)31(44)30(23(25)2)38(41,3)4;1-17(19-10-7-6-8-11-19)25(37)31(41)45-20-15-35(43)29(46-30(40)21-12-9-13-47-21)27-33(5,22(36)14-23-34(27,42)16-44-23)28(39)26(38)24(18(20)2)32(35,3)4;1-2(3)4;;;;/h7-18,22,25,27-28,31-33,35,43-44,48-49H,19-21H2,1-6H3;6-13,17,20,22-23,25-27,29,36-38,42-43H,14-16H2,1-5H3;1H3,(H,3,4);;;;/q+1;;;;;;/p-1/t22-,25?,27?,28?,31?,32?,33?,35?,39+,40-,41?;17-,20?,22?,23?,25?,26?,27?,29?,33+,34-,35?;;;;;/m00...../s1. The molecule has 31 heteroatoms. The number of pyridine rings is 1. The number of hydrogen-bond donors (Lipinski definition) is 9. The molecule has 13 rings (SSSR count). The van der Waals surface area contributed by atoms with Gasteiger partial charge < -0.3 is 89.0 Å². The molecule has 0 amide bonds. The summed E-state index contributed by atoms with van der Waals surface area (Å²) < 4.78 is 44.0. The van der Waals surface area contributed by atoms with E-state index in [2.05, 4.69) is 0 Å². The molecule has 6 fully saturated rings. The maximum Gasteiger partial charge on any atom is 0.368 e. The van der Waals surface area contributed by atoms with Crippen LogP contribution in [0.5, 0.6) is 5.88 Å². The summed E-state index contributed by atoms with van der Waals surface area (Å²) in [6.45, 7) is 16.5. The van der Waals surface area contributed by atoms with Crippen LogP contribution in [0.4, 0.5) is 0 Å². The molecule has 16 unspecified atom stereocenters. The number of aliphatic hydroxyl groups is 9. The zero-order valence-electron chi connectivity index (χ0n) is 62.7. The van der Waals surface area contributed by atoms with Crippen molar-refractivity contribution in [3.8, 4) is 5.88 Å². The first kappa shape index (κ1) is 94.4. The van der Waals surface area contributed by atoms with E-state index in [1.54, 1.807) is 132 Å². The van der Waals surface area contributed by atoms with E-state index in [4.69, 9.17) is 43.1 Å². The summed E-state index contributed by atoms with van der Waals surface area (Å²) in [6, 6.07) is 30.0. The average molecular weight is 2400 g/mol. The molecule has 0 spiro atoms. The number of nitrogens with zero attached hydrogens (tertiary/aromatic N) is 1. The summed E-state index contributed by atoms with van der Waals surface area (Å²) in [5, 5.41) is 121. The molecule has 2 aliphatic heterocycles. The van der Waals surface area contributed by atoms with Crippen molar-refractivity contribution in [3.05, 3.63) is 163 Å². The molecule has 4 saturated carbocycles. The Hall–Kier alpha value is -1.71. The second kappa shape index (κ2) is 36.2. The van der Waals surface area contributed by atoms with Crippen molar-refractivity contribution in [1.29, 1.82) is 0 Å². The van der Waals surface area contributed by atoms with Gasteiger partial charge in [-0.1, -0.05) is 114 Å². The van der Waals surface area contributed by atoms with Gasteiger partial charge in [0.15, 0.2) is 23.9 Å². The number of Topliss-reactive ketones (excluding diaryl/α,β-unsaturated/α-hetero) is 2. The molecule has 25 nitrogen and oxygen atoms in total. The van der Waals surface area contributed by atoms with Crippen LogP contribution in [0.2, 0.25) is 0 Å². The topological polar surface area (TPSA) is 393 Å². The van der Waals surface area contributed by atoms with Crippen LogP contribution in [0, 0.1) is 210 Å². The zero-order valence-corrected chi connectivity index (χ0v) is 83.4. The number of carbonyl (C=O) groups is 7. The minimum Gasteiger partial charge on any atom is -0.550 e. The van der Waals surface area contributed by atoms with Crippen LogP contribution >= 0.6 is 22.7 Å². The number of fused-ring (bicyclic) bond motifs is 10. The minimum atomic E-state index is -2.19. The molecule has 9 N–H and O–H groups in total. The fourth-order valence-corrected chi connectivity index (χ4v) is 19.2. The first-order valence-electron chi connectivity index (χ1n) is 35.0. The molecule has 2 aromatic carbocycles. The molecule has 22 atom stereocenters. The Balaban J connectivity index is 0.000000281. The fourth-order valence-electron chi connectivity index (χ4n) is 18.0. The van der Waals surface area contributed by atoms with Crippen molar-refractivity contribution in [2.75, 3.05) is 13.2 Å². The Morgan fingerprint density at radius 3 is 1.29 bits per heavy atom. The minimum absolute atomic E-state index is 0. The van der Waals surface area contributed by atoms with E-state index in [0.29, 0.717) is 17.0 Å². The number of carbonyl (C=O) groups excluding carboxylic acids is 7. The number of carboxylic acids is 1. The van der Waals surface area contributed by atoms with E-state index >= 15 is 0 Å². The Kier molecular flexibility index (Phi) is 31.4. The number of benzene rings is 2. The number of aliphatic hydroxyl groups excluding tert-OH is 5. The SMILES string of the molecule is CC(=O)[O-].CC1=C2C(O)C(=O)[C@]3(C)C(O)CC4OC[C@@]4(O)C3C(OC(=O)c3cccs3)C(O)(CC1OC(=O)C(O)[C@@H](C)c1ccccc1)C2(C)C.CC1=C2C(O)C(=O)[C@]3(C)C(O)CC4OC[C@@]4(O)C3C(OC(=O)c3cccs3)C(O)(CC1OC(=O)C(Oc1cccc[n+]1C)[C@@H](C)c1ccccc1)C2(C)C.[Ac].[Ac].[Ac].[Ac]. The first-order chi connectivity index (χ1) is 49.2. The first-order valence-corrected chi connectivity index (χ1v) is 36.8. The van der Waals surface area contributed by atoms with Gasteiger partial charge in [-0.3, -0.25) is 9.59 Å². The summed E-state index contributed by atoms with van der Waals surface area (Å²) in [7, 11) is 1.78. The van der Waals surface area contributed by atoms with Gasteiger partial charge in [0.05, 0.1) is 54.5 Å². The smallest absolute Gasteiger partial charge is 0.368 e. The Morgan fingerprint density at radius 1 is 0.560 bits per heavy atom. The zero-order chi connectivity index (χ0) is 76.8. The van der Waals surface area contributed by atoms with Crippen LogP contribution < -0.4 is 14.4 Å². The van der Waals surface area contributed by atoms with Gasteiger partial charge in [-0.25, -0.2) is 19.2 Å². The van der Waals surface area contributed by atoms with Gasteiger partial charge in [0.1, 0.15) is 75.8 Å².